The van der Waals surface area contributed by atoms with Crippen LogP contribution in [-0.4, -0.2) is 71.5 Å². The molecule has 168 valence electrons. The van der Waals surface area contributed by atoms with Gasteiger partial charge in [-0.1, -0.05) is 42.5 Å². The predicted molar refractivity (Wildman–Crippen MR) is 120 cm³/mol. The zero-order chi connectivity index (χ0) is 22.7. The van der Waals surface area contributed by atoms with Crippen molar-refractivity contribution in [3.63, 3.8) is 0 Å². The van der Waals surface area contributed by atoms with Crippen molar-refractivity contribution in [2.24, 2.45) is 0 Å². The van der Waals surface area contributed by atoms with Gasteiger partial charge < -0.3 is 24.6 Å². The largest absolute Gasteiger partial charge is 0.440 e. The van der Waals surface area contributed by atoms with Gasteiger partial charge in [0, 0.05) is 13.1 Å². The maximum Gasteiger partial charge on any atom is 0.234 e. The molecule has 3 aromatic rings. The van der Waals surface area contributed by atoms with E-state index < -0.39 is 11.6 Å². The van der Waals surface area contributed by atoms with Gasteiger partial charge in [0.05, 0.1) is 18.2 Å². The second-order valence-corrected chi connectivity index (χ2v) is 8.48. The third-order valence-electron chi connectivity index (χ3n) is 5.84. The number of carbonyl (C=O) groups is 2. The monoisotopic (exact) mass is 436 g/mol. The van der Waals surface area contributed by atoms with Crippen molar-refractivity contribution in [1.82, 2.24) is 20.1 Å². The lowest BCUT2D eigenvalue weighted by Gasteiger charge is -2.46. The van der Waals surface area contributed by atoms with Gasteiger partial charge in [0.1, 0.15) is 11.9 Å². The first kappa shape index (κ1) is 22.0. The third-order valence-corrected chi connectivity index (χ3v) is 5.84. The summed E-state index contributed by atoms with van der Waals surface area (Å²) in [5.74, 6) is 0.00547. The highest BCUT2D eigenvalue weighted by atomic mass is 16.3. The van der Waals surface area contributed by atoms with Crippen LogP contribution in [0.5, 0.6) is 0 Å². The van der Waals surface area contributed by atoms with E-state index in [4.69, 9.17) is 4.42 Å². The number of β-amino-alcohol motifs (C(OH)–C–C–N with tert-alkyl or cyclic N) is 1. The Balaban J connectivity index is 1.50. The highest BCUT2D eigenvalue weighted by Gasteiger charge is 2.45. The quantitative estimate of drug-likeness (QED) is 0.608. The summed E-state index contributed by atoms with van der Waals surface area (Å²) in [5, 5.41) is 14.3. The second-order valence-electron chi connectivity index (χ2n) is 8.48. The van der Waals surface area contributed by atoms with Gasteiger partial charge in [0.15, 0.2) is 5.58 Å². The first-order valence-corrected chi connectivity index (χ1v) is 10.7. The molecule has 0 unspecified atom stereocenters. The summed E-state index contributed by atoms with van der Waals surface area (Å²) in [6.45, 7) is 0.713. The van der Waals surface area contributed by atoms with Crippen LogP contribution < -0.4 is 5.32 Å². The first-order chi connectivity index (χ1) is 15.4. The normalized spacial score (nSPS) is 21.1. The van der Waals surface area contributed by atoms with Crippen molar-refractivity contribution in [1.29, 1.82) is 0 Å². The summed E-state index contributed by atoms with van der Waals surface area (Å²) >= 11 is 0. The van der Waals surface area contributed by atoms with Crippen LogP contribution in [0, 0.1) is 0 Å². The molecule has 2 atom stereocenters. The fourth-order valence-corrected chi connectivity index (χ4v) is 4.26. The molecule has 2 amide bonds. The Kier molecular flexibility index (Phi) is 6.25. The molecule has 0 bridgehead atoms. The van der Waals surface area contributed by atoms with Crippen LogP contribution in [-0.2, 0) is 21.5 Å². The number of para-hydroxylation sites is 2. The SMILES string of the molecule is CN(C)CC(=O)N[C@@]1(c2ccccc2)CCN(C(=O)Cc2nc3ccccc3o2)C[C@H]1O. The fourth-order valence-electron chi connectivity index (χ4n) is 4.26. The summed E-state index contributed by atoms with van der Waals surface area (Å²) in [6.07, 6.45) is -0.541. The molecule has 32 heavy (non-hydrogen) atoms. The van der Waals surface area contributed by atoms with Crippen LogP contribution in [0.4, 0.5) is 0 Å². The maximum atomic E-state index is 12.9. The zero-order valence-corrected chi connectivity index (χ0v) is 18.3. The number of hydrogen-bond acceptors (Lipinski definition) is 6. The number of oxazole rings is 1. The van der Waals surface area contributed by atoms with E-state index in [1.807, 2.05) is 68.7 Å². The number of carbonyl (C=O) groups excluding carboxylic acids is 2. The van der Waals surface area contributed by atoms with Crippen molar-refractivity contribution in [3.05, 3.63) is 66.1 Å². The molecule has 0 radical (unpaired) electrons. The Labute approximate surface area is 186 Å². The average Bonchev–Trinajstić information content (AvgIpc) is 3.17. The van der Waals surface area contributed by atoms with E-state index in [0.717, 1.165) is 5.56 Å². The van der Waals surface area contributed by atoms with Crippen molar-refractivity contribution >= 4 is 22.9 Å². The number of amides is 2. The van der Waals surface area contributed by atoms with Crippen molar-refractivity contribution in [2.75, 3.05) is 33.7 Å². The van der Waals surface area contributed by atoms with Gasteiger partial charge in [-0.3, -0.25) is 9.59 Å². The number of aliphatic hydroxyl groups is 1. The van der Waals surface area contributed by atoms with Gasteiger partial charge in [0.2, 0.25) is 17.7 Å². The summed E-state index contributed by atoms with van der Waals surface area (Å²) < 4.78 is 5.67. The number of rotatable bonds is 6. The molecule has 0 spiro atoms. The van der Waals surface area contributed by atoms with E-state index in [-0.39, 0.29) is 31.3 Å². The number of aromatic nitrogens is 1. The van der Waals surface area contributed by atoms with Crippen LogP contribution >= 0.6 is 0 Å². The molecule has 0 aliphatic carbocycles. The first-order valence-electron chi connectivity index (χ1n) is 10.7. The summed E-state index contributed by atoms with van der Waals surface area (Å²) in [5.41, 5.74) is 1.22. The molecule has 2 aromatic carbocycles. The molecule has 2 N–H and O–H groups in total. The van der Waals surface area contributed by atoms with Crippen LogP contribution in [0.2, 0.25) is 0 Å². The molecule has 1 aliphatic heterocycles. The number of likely N-dealkylation sites (N-methyl/N-ethyl adjacent to an activating group) is 1. The van der Waals surface area contributed by atoms with E-state index in [1.165, 1.54) is 0 Å². The topological polar surface area (TPSA) is 98.9 Å². The van der Waals surface area contributed by atoms with E-state index >= 15 is 0 Å². The number of aliphatic hydroxyl groups excluding tert-OH is 1. The highest BCUT2D eigenvalue weighted by Crippen LogP contribution is 2.33. The van der Waals surface area contributed by atoms with Crippen LogP contribution in [0.3, 0.4) is 0 Å². The molecule has 4 rings (SSSR count). The lowest BCUT2D eigenvalue weighted by atomic mass is 9.78. The lowest BCUT2D eigenvalue weighted by Crippen LogP contribution is -2.63. The Morgan fingerprint density at radius 2 is 1.91 bits per heavy atom. The molecular weight excluding hydrogens is 408 g/mol. The van der Waals surface area contributed by atoms with E-state index in [1.54, 1.807) is 9.80 Å². The standard InChI is InChI=1S/C24H28N4O4/c1-27(2)16-21(30)26-24(17-8-4-3-5-9-17)12-13-28(15-20(24)29)23(31)14-22-25-18-10-6-7-11-19(18)32-22/h3-11,20,29H,12-16H2,1-2H3,(H,26,30)/t20-,24-/m1/s1. The zero-order valence-electron chi connectivity index (χ0n) is 18.3. The Bertz CT molecular complexity index is 1060. The van der Waals surface area contributed by atoms with Gasteiger partial charge in [-0.15, -0.1) is 0 Å². The fraction of sp³-hybridized carbons (Fsp3) is 0.375. The van der Waals surface area contributed by atoms with Gasteiger partial charge in [-0.05, 0) is 38.2 Å². The predicted octanol–water partition coefficient (Wildman–Crippen LogP) is 1.54. The maximum absolute atomic E-state index is 12.9. The van der Waals surface area contributed by atoms with E-state index in [2.05, 4.69) is 10.3 Å². The molecule has 1 fully saturated rings. The summed E-state index contributed by atoms with van der Waals surface area (Å²) in [6, 6.07) is 16.8. The molecule has 1 aliphatic rings. The highest BCUT2D eigenvalue weighted by molar-refractivity contribution is 5.81. The minimum Gasteiger partial charge on any atom is -0.440 e. The van der Waals surface area contributed by atoms with Crippen LogP contribution in [0.15, 0.2) is 59.0 Å². The minimum absolute atomic E-state index is 0.0206. The van der Waals surface area contributed by atoms with Gasteiger partial charge in [0.25, 0.3) is 0 Å². The van der Waals surface area contributed by atoms with Gasteiger partial charge >= 0.3 is 0 Å². The van der Waals surface area contributed by atoms with Crippen molar-refractivity contribution < 1.29 is 19.1 Å². The Hall–Kier alpha value is -3.23. The molecule has 1 aromatic heterocycles. The minimum atomic E-state index is -0.961. The number of fused-ring (bicyclic) bond motifs is 1. The Morgan fingerprint density at radius 3 is 2.59 bits per heavy atom. The molecular formula is C24H28N4O4. The summed E-state index contributed by atoms with van der Waals surface area (Å²) in [4.78, 5) is 33.3. The number of nitrogens with zero attached hydrogens (tertiary/aromatic N) is 3. The number of likely N-dealkylation sites (tertiary alicyclic amines) is 1. The van der Waals surface area contributed by atoms with Crippen LogP contribution in [0.25, 0.3) is 11.1 Å². The molecule has 8 nitrogen and oxygen atoms in total. The van der Waals surface area contributed by atoms with E-state index in [0.29, 0.717) is 30.0 Å². The van der Waals surface area contributed by atoms with Gasteiger partial charge in [-0.2, -0.15) is 0 Å². The third kappa shape index (κ3) is 4.51. The van der Waals surface area contributed by atoms with Crippen LogP contribution in [0.1, 0.15) is 17.9 Å². The smallest absolute Gasteiger partial charge is 0.234 e. The molecule has 8 heteroatoms. The number of benzene rings is 2. The average molecular weight is 437 g/mol. The van der Waals surface area contributed by atoms with Crippen molar-refractivity contribution in [3.8, 4) is 0 Å². The van der Waals surface area contributed by atoms with E-state index in [9.17, 15) is 14.7 Å². The molecule has 0 saturated carbocycles. The lowest BCUT2D eigenvalue weighted by molar-refractivity contribution is -0.138. The molecule has 2 heterocycles. The van der Waals surface area contributed by atoms with Crippen molar-refractivity contribution in [2.45, 2.75) is 24.5 Å². The Morgan fingerprint density at radius 1 is 1.19 bits per heavy atom. The number of piperidine rings is 1. The summed E-state index contributed by atoms with van der Waals surface area (Å²) in [7, 11) is 3.64. The second kappa shape index (κ2) is 9.10. The molecule has 1 saturated heterocycles. The number of nitrogens with one attached hydrogen (secondary N) is 1. The number of hydrogen-bond donors (Lipinski definition) is 2. The van der Waals surface area contributed by atoms with Gasteiger partial charge in [-0.25, -0.2) is 4.98 Å².